The summed E-state index contributed by atoms with van der Waals surface area (Å²) in [5.41, 5.74) is 5.33. The average molecular weight is 730 g/mol. The molecule has 0 bridgehead atoms. The van der Waals surface area contributed by atoms with E-state index in [-0.39, 0.29) is 38.6 Å². The van der Waals surface area contributed by atoms with Crippen LogP contribution in [0.15, 0.2) is 24.3 Å². The van der Waals surface area contributed by atoms with Crippen LogP contribution in [0.2, 0.25) is 0 Å². The highest BCUT2D eigenvalue weighted by Crippen LogP contribution is 2.43. The van der Waals surface area contributed by atoms with Gasteiger partial charge in [0.2, 0.25) is 0 Å². The first-order valence-corrected chi connectivity index (χ1v) is 21.8. The third-order valence-corrected chi connectivity index (χ3v) is 9.57. The maximum absolute atomic E-state index is 12.5. The summed E-state index contributed by atoms with van der Waals surface area (Å²) >= 11 is 0. The molecule has 0 aliphatic carbocycles. The second kappa shape index (κ2) is 37.3. The van der Waals surface area contributed by atoms with Gasteiger partial charge in [-0.25, -0.2) is 4.57 Å². The number of carbonyl (C=O) groups is 2. The molecule has 9 nitrogen and oxygen atoms in total. The predicted molar refractivity (Wildman–Crippen MR) is 206 cm³/mol. The van der Waals surface area contributed by atoms with Gasteiger partial charge in [0.15, 0.2) is 6.10 Å². The lowest BCUT2D eigenvalue weighted by Crippen LogP contribution is -2.29. The van der Waals surface area contributed by atoms with Crippen molar-refractivity contribution >= 4 is 19.8 Å². The molecule has 0 heterocycles. The van der Waals surface area contributed by atoms with Crippen molar-refractivity contribution in [3.8, 4) is 0 Å². The van der Waals surface area contributed by atoms with Gasteiger partial charge in [-0.3, -0.25) is 18.6 Å². The summed E-state index contributed by atoms with van der Waals surface area (Å²) in [5, 5.41) is 0. The Kier molecular flexibility index (Phi) is 36.1. The first kappa shape index (κ1) is 48.5. The summed E-state index contributed by atoms with van der Waals surface area (Å²) in [6.45, 7) is 3.69. The van der Waals surface area contributed by atoms with E-state index < -0.39 is 26.5 Å². The van der Waals surface area contributed by atoms with Crippen LogP contribution in [-0.2, 0) is 32.7 Å². The predicted octanol–water partition coefficient (Wildman–Crippen LogP) is 11.2. The van der Waals surface area contributed by atoms with Gasteiger partial charge in [-0.2, -0.15) is 0 Å². The van der Waals surface area contributed by atoms with E-state index in [1.807, 2.05) is 0 Å². The molecular weight excluding hydrogens is 653 g/mol. The zero-order valence-corrected chi connectivity index (χ0v) is 33.0. The minimum Gasteiger partial charge on any atom is -0.462 e. The minimum atomic E-state index is -4.37. The fraction of sp³-hybridized carbons (Fsp3) is 0.850. The Balaban J connectivity index is 4.14. The molecule has 0 aliphatic rings. The van der Waals surface area contributed by atoms with Crippen LogP contribution in [0, 0.1) is 0 Å². The zero-order valence-electron chi connectivity index (χ0n) is 32.1. The van der Waals surface area contributed by atoms with E-state index >= 15 is 0 Å². The van der Waals surface area contributed by atoms with E-state index in [9.17, 15) is 19.0 Å². The van der Waals surface area contributed by atoms with Crippen molar-refractivity contribution in [2.45, 2.75) is 193 Å². The topological polar surface area (TPSA) is 134 Å². The van der Waals surface area contributed by atoms with E-state index in [4.69, 9.17) is 24.3 Å². The number of ether oxygens (including phenoxy) is 2. The fourth-order valence-electron chi connectivity index (χ4n) is 5.55. The van der Waals surface area contributed by atoms with Crippen LogP contribution in [0.4, 0.5) is 0 Å². The van der Waals surface area contributed by atoms with Gasteiger partial charge in [0.25, 0.3) is 0 Å². The molecule has 0 aromatic rings. The molecule has 10 heteroatoms. The number of allylic oxidation sites excluding steroid dienone is 4. The molecule has 50 heavy (non-hydrogen) atoms. The van der Waals surface area contributed by atoms with Gasteiger partial charge in [-0.1, -0.05) is 154 Å². The molecular formula is C40H76NO8P. The summed E-state index contributed by atoms with van der Waals surface area (Å²) in [4.78, 5) is 34.7. The number of nitrogens with two attached hydrogens (primary N) is 1. The average Bonchev–Trinajstić information content (AvgIpc) is 3.10. The number of unbranched alkanes of at least 4 members (excludes halogenated alkanes) is 21. The molecule has 0 spiro atoms. The third kappa shape index (κ3) is 36.3. The molecule has 0 fully saturated rings. The van der Waals surface area contributed by atoms with Crippen LogP contribution in [-0.4, -0.2) is 49.3 Å². The summed E-state index contributed by atoms with van der Waals surface area (Å²) in [6.07, 6.45) is 37.8. The Labute approximate surface area is 306 Å². The largest absolute Gasteiger partial charge is 0.472 e. The molecule has 0 aliphatic heterocycles. The molecule has 1 unspecified atom stereocenters. The van der Waals surface area contributed by atoms with Crippen molar-refractivity contribution < 1.29 is 37.6 Å². The van der Waals surface area contributed by atoms with Crippen molar-refractivity contribution in [2.24, 2.45) is 5.73 Å². The third-order valence-electron chi connectivity index (χ3n) is 8.59. The molecule has 294 valence electrons. The van der Waals surface area contributed by atoms with Gasteiger partial charge in [0, 0.05) is 19.4 Å². The Hall–Kier alpha value is -1.51. The molecule has 0 aromatic heterocycles. The SMILES string of the molecule is CCCCC/C=C/C/C=C/CCCCCCCCCCCC(=O)O[C@H](COC(=O)CCCCCCCCCCCC)COP(=O)(O)OCCN. The van der Waals surface area contributed by atoms with Crippen LogP contribution in [0.25, 0.3) is 0 Å². The smallest absolute Gasteiger partial charge is 0.462 e. The van der Waals surface area contributed by atoms with Crippen LogP contribution in [0.5, 0.6) is 0 Å². The Morgan fingerprint density at radius 3 is 1.56 bits per heavy atom. The van der Waals surface area contributed by atoms with Crippen molar-refractivity contribution in [3.05, 3.63) is 24.3 Å². The maximum atomic E-state index is 12.5. The lowest BCUT2D eigenvalue weighted by molar-refractivity contribution is -0.161. The molecule has 0 rings (SSSR count). The Morgan fingerprint density at radius 1 is 0.600 bits per heavy atom. The van der Waals surface area contributed by atoms with Gasteiger partial charge in [0.05, 0.1) is 13.2 Å². The van der Waals surface area contributed by atoms with Crippen LogP contribution >= 0.6 is 7.82 Å². The van der Waals surface area contributed by atoms with Crippen molar-refractivity contribution in [2.75, 3.05) is 26.4 Å². The standard InChI is InChI=1S/C40H76NO8P/c1-3-5-7-9-11-13-15-16-17-18-19-20-21-22-23-25-27-29-31-33-40(43)49-38(37-48-50(44,45)47-35-34-41)36-46-39(42)32-30-28-26-24-14-12-10-8-6-4-2/h11,13,16-17,38H,3-10,12,14-15,18-37,41H2,1-2H3,(H,44,45)/b13-11+,17-16+/t38-/m1/s1. The highest BCUT2D eigenvalue weighted by Gasteiger charge is 2.26. The minimum absolute atomic E-state index is 0.0540. The van der Waals surface area contributed by atoms with E-state index in [0.717, 1.165) is 51.4 Å². The molecule has 0 radical (unpaired) electrons. The fourth-order valence-corrected chi connectivity index (χ4v) is 6.31. The van der Waals surface area contributed by atoms with Gasteiger partial charge in [0.1, 0.15) is 6.61 Å². The van der Waals surface area contributed by atoms with E-state index in [2.05, 4.69) is 38.2 Å². The number of rotatable bonds is 38. The summed E-state index contributed by atoms with van der Waals surface area (Å²) in [7, 11) is -4.37. The van der Waals surface area contributed by atoms with E-state index in [1.165, 1.54) is 103 Å². The number of carbonyl (C=O) groups excluding carboxylic acids is 2. The van der Waals surface area contributed by atoms with Gasteiger partial charge in [-0.05, 0) is 44.9 Å². The maximum Gasteiger partial charge on any atom is 0.472 e. The number of hydrogen-bond acceptors (Lipinski definition) is 8. The van der Waals surface area contributed by atoms with E-state index in [0.29, 0.717) is 6.42 Å². The second-order valence-electron chi connectivity index (χ2n) is 13.5. The highest BCUT2D eigenvalue weighted by molar-refractivity contribution is 7.47. The number of phosphoric acid groups is 1. The van der Waals surface area contributed by atoms with Gasteiger partial charge < -0.3 is 20.1 Å². The van der Waals surface area contributed by atoms with E-state index in [1.54, 1.807) is 0 Å². The number of hydrogen-bond donors (Lipinski definition) is 2. The summed E-state index contributed by atoms with van der Waals surface area (Å²) in [6, 6.07) is 0. The van der Waals surface area contributed by atoms with Crippen molar-refractivity contribution in [1.29, 1.82) is 0 Å². The molecule has 0 saturated heterocycles. The van der Waals surface area contributed by atoms with Gasteiger partial charge >= 0.3 is 19.8 Å². The van der Waals surface area contributed by atoms with Crippen LogP contribution in [0.3, 0.4) is 0 Å². The molecule has 0 saturated carbocycles. The zero-order chi connectivity index (χ0) is 36.8. The first-order valence-electron chi connectivity index (χ1n) is 20.3. The molecule has 2 atom stereocenters. The molecule has 0 aromatic carbocycles. The summed E-state index contributed by atoms with van der Waals surface area (Å²) < 4.78 is 32.7. The van der Waals surface area contributed by atoms with Crippen molar-refractivity contribution in [1.82, 2.24) is 0 Å². The first-order chi connectivity index (χ1) is 24.3. The Morgan fingerprint density at radius 2 is 1.04 bits per heavy atom. The normalized spacial score (nSPS) is 13.6. The second-order valence-corrected chi connectivity index (χ2v) is 15.0. The monoisotopic (exact) mass is 730 g/mol. The number of esters is 2. The van der Waals surface area contributed by atoms with Gasteiger partial charge in [-0.15, -0.1) is 0 Å². The molecule has 0 amide bonds. The van der Waals surface area contributed by atoms with Crippen molar-refractivity contribution in [3.63, 3.8) is 0 Å². The lowest BCUT2D eigenvalue weighted by atomic mass is 10.1. The Bertz CT molecular complexity index is 881. The molecule has 3 N–H and O–H groups in total. The lowest BCUT2D eigenvalue weighted by Gasteiger charge is -2.19. The highest BCUT2D eigenvalue weighted by atomic mass is 31.2. The van der Waals surface area contributed by atoms with Crippen LogP contribution in [0.1, 0.15) is 187 Å². The van der Waals surface area contributed by atoms with Crippen LogP contribution < -0.4 is 5.73 Å². The number of phosphoric ester groups is 1. The quantitative estimate of drug-likeness (QED) is 0.0275. The summed E-state index contributed by atoms with van der Waals surface area (Å²) in [5.74, 6) is -0.831.